The third-order valence-corrected chi connectivity index (χ3v) is 8.97. The lowest BCUT2D eigenvalue weighted by Gasteiger charge is -2.30. The number of hydrogen-bond donors (Lipinski definition) is 0. The van der Waals surface area contributed by atoms with E-state index in [0.717, 1.165) is 29.7 Å². The summed E-state index contributed by atoms with van der Waals surface area (Å²) in [6.07, 6.45) is 3.49. The zero-order chi connectivity index (χ0) is 23.5. The van der Waals surface area contributed by atoms with Gasteiger partial charge in [0.25, 0.3) is 0 Å². The zero-order valence-corrected chi connectivity index (χ0v) is 20.4. The van der Waals surface area contributed by atoms with Crippen LogP contribution in [0.5, 0.6) is 0 Å². The molecule has 7 nitrogen and oxygen atoms in total. The summed E-state index contributed by atoms with van der Waals surface area (Å²) in [6, 6.07) is 11.6. The summed E-state index contributed by atoms with van der Waals surface area (Å²) < 4.78 is 50.3. The van der Waals surface area contributed by atoms with E-state index in [1.54, 1.807) is 47.4 Å². The van der Waals surface area contributed by atoms with Crippen molar-refractivity contribution < 1.29 is 21.6 Å². The molecular weight excluding hydrogens is 448 g/mol. The van der Waals surface area contributed by atoms with E-state index in [9.17, 15) is 21.6 Å². The Morgan fingerprint density at radius 3 is 2.19 bits per heavy atom. The van der Waals surface area contributed by atoms with Gasteiger partial charge in [-0.2, -0.15) is 4.31 Å². The first kappa shape index (κ1) is 24.4. The monoisotopic (exact) mass is 478 g/mol. The predicted octanol–water partition coefficient (Wildman–Crippen LogP) is 3.03. The van der Waals surface area contributed by atoms with Crippen molar-refractivity contribution in [3.8, 4) is 0 Å². The van der Waals surface area contributed by atoms with E-state index in [0.29, 0.717) is 26.1 Å². The molecule has 2 aromatic rings. The normalized spacial score (nSPS) is 14.4. The lowest BCUT2D eigenvalue weighted by Crippen LogP contribution is -2.35. The van der Waals surface area contributed by atoms with Crippen LogP contribution in [0.15, 0.2) is 52.3 Å². The summed E-state index contributed by atoms with van der Waals surface area (Å²) in [5, 5.41) is 0. The maximum atomic E-state index is 12.9. The van der Waals surface area contributed by atoms with Gasteiger partial charge < -0.3 is 4.90 Å². The molecule has 0 radical (unpaired) electrons. The number of hydrogen-bond acceptors (Lipinski definition) is 5. The molecule has 0 unspecified atom stereocenters. The van der Waals surface area contributed by atoms with Gasteiger partial charge in [0.2, 0.25) is 15.9 Å². The summed E-state index contributed by atoms with van der Waals surface area (Å²) in [6.45, 7) is 5.05. The van der Waals surface area contributed by atoms with Gasteiger partial charge in [-0.1, -0.05) is 26.0 Å². The molecule has 9 heteroatoms. The van der Waals surface area contributed by atoms with Gasteiger partial charge in [0, 0.05) is 38.0 Å². The highest BCUT2D eigenvalue weighted by Gasteiger charge is 2.24. The summed E-state index contributed by atoms with van der Waals surface area (Å²) in [5.74, 6) is -0.0297. The third-order valence-electron chi connectivity index (χ3n) is 5.79. The molecule has 174 valence electrons. The number of aryl methyl sites for hydroxylation is 2. The number of amides is 1. The quantitative estimate of drug-likeness (QED) is 0.582. The number of anilines is 1. The fourth-order valence-electron chi connectivity index (χ4n) is 3.99. The largest absolute Gasteiger partial charge is 0.312 e. The van der Waals surface area contributed by atoms with Crippen LogP contribution in [0.1, 0.15) is 37.8 Å². The van der Waals surface area contributed by atoms with Crippen LogP contribution in [-0.4, -0.2) is 52.9 Å². The molecule has 1 aliphatic rings. The highest BCUT2D eigenvalue weighted by Crippen LogP contribution is 2.30. The average Bonchev–Trinajstić information content (AvgIpc) is 2.77. The number of sulfone groups is 1. The average molecular weight is 479 g/mol. The number of rotatable bonds is 8. The van der Waals surface area contributed by atoms with Crippen LogP contribution in [0.2, 0.25) is 0 Å². The molecule has 0 saturated carbocycles. The van der Waals surface area contributed by atoms with Crippen LogP contribution in [0.25, 0.3) is 0 Å². The Morgan fingerprint density at radius 1 is 0.969 bits per heavy atom. The van der Waals surface area contributed by atoms with Crippen molar-refractivity contribution in [2.75, 3.05) is 30.8 Å². The lowest BCUT2D eigenvalue weighted by atomic mass is 10.0. The molecule has 1 aliphatic heterocycles. The van der Waals surface area contributed by atoms with E-state index in [4.69, 9.17) is 0 Å². The van der Waals surface area contributed by atoms with Crippen molar-refractivity contribution in [3.05, 3.63) is 53.6 Å². The minimum Gasteiger partial charge on any atom is -0.312 e. The molecule has 3 rings (SSSR count). The molecule has 0 atom stereocenters. The SMILES string of the molecule is CCN(CC)S(=O)(=O)c1ccc(CCC(=O)N2CCCc3cc(S(C)(=O)=O)ccc32)cc1. The second-order valence-electron chi connectivity index (χ2n) is 7.94. The Morgan fingerprint density at radius 2 is 1.59 bits per heavy atom. The molecule has 0 aromatic heterocycles. The van der Waals surface area contributed by atoms with Crippen molar-refractivity contribution in [2.45, 2.75) is 49.3 Å². The van der Waals surface area contributed by atoms with Crippen molar-refractivity contribution in [2.24, 2.45) is 0 Å². The van der Waals surface area contributed by atoms with Crippen molar-refractivity contribution >= 4 is 31.5 Å². The van der Waals surface area contributed by atoms with Gasteiger partial charge >= 0.3 is 0 Å². The van der Waals surface area contributed by atoms with Gasteiger partial charge in [-0.15, -0.1) is 0 Å². The van der Waals surface area contributed by atoms with Gasteiger partial charge in [-0.25, -0.2) is 16.8 Å². The molecule has 1 heterocycles. The zero-order valence-electron chi connectivity index (χ0n) is 18.7. The standard InChI is InChI=1S/C23H30N2O5S2/c1-4-24(5-2)32(29,30)20-11-8-18(9-12-20)10-15-23(26)25-16-6-7-19-17-21(31(3,27)28)13-14-22(19)25/h8-9,11-14,17H,4-7,10,15-16H2,1-3H3. The molecule has 0 N–H and O–H groups in total. The molecule has 32 heavy (non-hydrogen) atoms. The number of benzene rings is 2. The summed E-state index contributed by atoms with van der Waals surface area (Å²) in [7, 11) is -6.79. The summed E-state index contributed by atoms with van der Waals surface area (Å²) in [4.78, 5) is 15.2. The highest BCUT2D eigenvalue weighted by atomic mass is 32.2. The number of nitrogens with zero attached hydrogens (tertiary/aromatic N) is 2. The molecule has 0 saturated heterocycles. The van der Waals surface area contributed by atoms with E-state index in [1.807, 2.05) is 13.8 Å². The van der Waals surface area contributed by atoms with Gasteiger partial charge in [0.05, 0.1) is 9.79 Å². The lowest BCUT2D eigenvalue weighted by molar-refractivity contribution is -0.118. The van der Waals surface area contributed by atoms with Crippen molar-refractivity contribution in [1.82, 2.24) is 4.31 Å². The van der Waals surface area contributed by atoms with Crippen LogP contribution >= 0.6 is 0 Å². The molecule has 0 bridgehead atoms. The van der Waals surface area contributed by atoms with Crippen molar-refractivity contribution in [1.29, 1.82) is 0 Å². The molecule has 1 amide bonds. The highest BCUT2D eigenvalue weighted by molar-refractivity contribution is 7.90. The maximum absolute atomic E-state index is 12.9. The Balaban J connectivity index is 1.70. The predicted molar refractivity (Wildman–Crippen MR) is 125 cm³/mol. The number of fused-ring (bicyclic) bond motifs is 1. The van der Waals surface area contributed by atoms with E-state index >= 15 is 0 Å². The van der Waals surface area contributed by atoms with Gasteiger partial charge in [0.1, 0.15) is 0 Å². The summed E-state index contributed by atoms with van der Waals surface area (Å²) >= 11 is 0. The molecule has 0 fully saturated rings. The minimum atomic E-state index is -3.50. The van der Waals surface area contributed by atoms with E-state index in [2.05, 4.69) is 0 Å². The number of sulfonamides is 1. The smallest absolute Gasteiger partial charge is 0.243 e. The first-order valence-electron chi connectivity index (χ1n) is 10.8. The first-order valence-corrected chi connectivity index (χ1v) is 14.1. The topological polar surface area (TPSA) is 91.8 Å². The Bertz CT molecular complexity index is 1190. The van der Waals surface area contributed by atoms with Crippen LogP contribution < -0.4 is 4.90 Å². The Labute approximate surface area is 191 Å². The molecule has 0 aliphatic carbocycles. The van der Waals surface area contributed by atoms with Crippen molar-refractivity contribution in [3.63, 3.8) is 0 Å². The number of carbonyl (C=O) groups is 1. The molecule has 2 aromatic carbocycles. The van der Waals surface area contributed by atoms with Gasteiger partial charge in [-0.3, -0.25) is 4.79 Å². The van der Waals surface area contributed by atoms with E-state index in [-0.39, 0.29) is 22.1 Å². The Hall–Kier alpha value is -2.23. The maximum Gasteiger partial charge on any atom is 0.243 e. The van der Waals surface area contributed by atoms with Crippen LogP contribution in [-0.2, 0) is 37.5 Å². The third kappa shape index (κ3) is 5.22. The second-order valence-corrected chi connectivity index (χ2v) is 11.9. The van der Waals surface area contributed by atoms with Crippen LogP contribution in [0.3, 0.4) is 0 Å². The second kappa shape index (κ2) is 9.72. The van der Waals surface area contributed by atoms with E-state index < -0.39 is 19.9 Å². The first-order chi connectivity index (χ1) is 15.1. The van der Waals surface area contributed by atoms with Crippen LogP contribution in [0.4, 0.5) is 5.69 Å². The van der Waals surface area contributed by atoms with Gasteiger partial charge in [-0.05, 0) is 60.7 Å². The summed E-state index contributed by atoms with van der Waals surface area (Å²) in [5.41, 5.74) is 2.54. The fourth-order valence-corrected chi connectivity index (χ4v) is 6.12. The molecule has 0 spiro atoms. The fraction of sp³-hybridized carbons (Fsp3) is 0.435. The van der Waals surface area contributed by atoms with E-state index in [1.165, 1.54) is 10.6 Å². The van der Waals surface area contributed by atoms with Gasteiger partial charge in [0.15, 0.2) is 9.84 Å². The van der Waals surface area contributed by atoms with Crippen LogP contribution in [0, 0.1) is 0 Å². The number of carbonyl (C=O) groups excluding carboxylic acids is 1. The minimum absolute atomic E-state index is 0.0297. The Kier molecular flexibility index (Phi) is 7.42. The molecular formula is C23H30N2O5S2.